The van der Waals surface area contributed by atoms with Crippen molar-refractivity contribution in [3.05, 3.63) is 78.5 Å². The van der Waals surface area contributed by atoms with Crippen molar-refractivity contribution in [1.29, 1.82) is 0 Å². The highest BCUT2D eigenvalue weighted by molar-refractivity contribution is 5.94. The summed E-state index contributed by atoms with van der Waals surface area (Å²) in [5.41, 5.74) is 5.87. The van der Waals surface area contributed by atoms with Crippen molar-refractivity contribution in [2.75, 3.05) is 0 Å². The molecule has 3 heteroatoms. The Morgan fingerprint density at radius 1 is 0.960 bits per heavy atom. The number of H-pyrrole nitrogens is 1. The number of aliphatic hydroxyl groups excluding tert-OH is 1. The van der Waals surface area contributed by atoms with E-state index in [1.54, 1.807) is 0 Å². The fourth-order valence-corrected chi connectivity index (χ4v) is 3.18. The molecular weight excluding hydrogens is 308 g/mol. The number of benzene rings is 2. The van der Waals surface area contributed by atoms with Gasteiger partial charge in [0.25, 0.3) is 0 Å². The Labute approximate surface area is 147 Å². The number of pyridine rings is 1. The molecule has 2 aromatic carbocycles. The van der Waals surface area contributed by atoms with E-state index in [2.05, 4.69) is 23.2 Å². The van der Waals surface area contributed by atoms with Crippen molar-refractivity contribution in [2.24, 2.45) is 0 Å². The first kappa shape index (κ1) is 15.6. The molecule has 4 aromatic rings. The highest BCUT2D eigenvalue weighted by atomic mass is 16.3. The van der Waals surface area contributed by atoms with Gasteiger partial charge in [-0.3, -0.25) is 0 Å². The van der Waals surface area contributed by atoms with Crippen molar-refractivity contribution >= 4 is 10.9 Å². The molecule has 0 fully saturated rings. The SMILES string of the molecule is CC[C@@H](O)c1cc(-c2ccccc2)nc(-c2cccc3[nH]ccc23)c1. The molecule has 4 rings (SSSR count). The second kappa shape index (κ2) is 6.54. The van der Waals surface area contributed by atoms with E-state index >= 15 is 0 Å². The van der Waals surface area contributed by atoms with Crippen molar-refractivity contribution in [3.63, 3.8) is 0 Å². The van der Waals surface area contributed by atoms with E-state index in [1.165, 1.54) is 0 Å². The van der Waals surface area contributed by atoms with Crippen LogP contribution >= 0.6 is 0 Å². The third-order valence-corrected chi connectivity index (χ3v) is 4.56. The van der Waals surface area contributed by atoms with Gasteiger partial charge in [0.05, 0.1) is 17.5 Å². The van der Waals surface area contributed by atoms with Crippen molar-refractivity contribution in [2.45, 2.75) is 19.4 Å². The Bertz CT molecular complexity index is 1000. The summed E-state index contributed by atoms with van der Waals surface area (Å²) in [5.74, 6) is 0. The van der Waals surface area contributed by atoms with Crippen LogP contribution in [0.25, 0.3) is 33.4 Å². The van der Waals surface area contributed by atoms with Gasteiger partial charge in [-0.2, -0.15) is 0 Å². The maximum Gasteiger partial charge on any atom is 0.0789 e. The molecule has 0 radical (unpaired) electrons. The standard InChI is InChI=1S/C22H20N2O/c1-2-22(25)16-13-20(15-7-4-3-5-8-15)24-21(14-16)17-9-6-10-19-18(17)11-12-23-19/h3-14,22-23,25H,2H2,1H3/t22-/m1/s1. The minimum atomic E-state index is -0.491. The van der Waals surface area contributed by atoms with Crippen LogP contribution in [0.5, 0.6) is 0 Å². The minimum absolute atomic E-state index is 0.491. The molecule has 0 aliphatic heterocycles. The van der Waals surface area contributed by atoms with Gasteiger partial charge in [-0.25, -0.2) is 4.98 Å². The first-order chi connectivity index (χ1) is 12.3. The largest absolute Gasteiger partial charge is 0.388 e. The zero-order valence-corrected chi connectivity index (χ0v) is 14.1. The molecule has 0 unspecified atom stereocenters. The van der Waals surface area contributed by atoms with Crippen LogP contribution in [0.4, 0.5) is 0 Å². The normalized spacial score (nSPS) is 12.4. The predicted molar refractivity (Wildman–Crippen MR) is 102 cm³/mol. The number of nitrogens with zero attached hydrogens (tertiary/aromatic N) is 1. The molecule has 0 bridgehead atoms. The van der Waals surface area contributed by atoms with E-state index in [1.807, 2.05) is 61.7 Å². The van der Waals surface area contributed by atoms with Gasteiger partial charge in [0.2, 0.25) is 0 Å². The molecule has 1 atom stereocenters. The van der Waals surface area contributed by atoms with Crippen molar-refractivity contribution in [1.82, 2.24) is 9.97 Å². The maximum atomic E-state index is 10.4. The zero-order chi connectivity index (χ0) is 17.2. The molecule has 3 nitrogen and oxygen atoms in total. The first-order valence-corrected chi connectivity index (χ1v) is 8.58. The molecule has 0 spiro atoms. The molecule has 0 aliphatic rings. The summed E-state index contributed by atoms with van der Waals surface area (Å²) in [6, 6.07) is 22.3. The van der Waals surface area contributed by atoms with Crippen LogP contribution < -0.4 is 0 Å². The molecular formula is C22H20N2O. The third-order valence-electron chi connectivity index (χ3n) is 4.56. The van der Waals surface area contributed by atoms with Gasteiger partial charge in [0.15, 0.2) is 0 Å². The number of hydrogen-bond donors (Lipinski definition) is 2. The molecule has 25 heavy (non-hydrogen) atoms. The number of fused-ring (bicyclic) bond motifs is 1. The van der Waals surface area contributed by atoms with Crippen LogP contribution in [0, 0.1) is 0 Å². The molecule has 0 saturated heterocycles. The minimum Gasteiger partial charge on any atom is -0.388 e. The summed E-state index contributed by atoms with van der Waals surface area (Å²) in [7, 11) is 0. The summed E-state index contributed by atoms with van der Waals surface area (Å²) >= 11 is 0. The van der Waals surface area contributed by atoms with Gasteiger partial charge < -0.3 is 10.1 Å². The number of hydrogen-bond acceptors (Lipinski definition) is 2. The molecule has 2 N–H and O–H groups in total. The highest BCUT2D eigenvalue weighted by Gasteiger charge is 2.13. The molecule has 2 aromatic heterocycles. The van der Waals surface area contributed by atoms with Gasteiger partial charge in [-0.15, -0.1) is 0 Å². The predicted octanol–water partition coefficient (Wildman–Crippen LogP) is 5.34. The van der Waals surface area contributed by atoms with Gasteiger partial charge in [0, 0.05) is 28.2 Å². The Morgan fingerprint density at radius 2 is 1.76 bits per heavy atom. The van der Waals surface area contributed by atoms with Crippen LogP contribution in [0.3, 0.4) is 0 Å². The van der Waals surface area contributed by atoms with Gasteiger partial charge >= 0.3 is 0 Å². The van der Waals surface area contributed by atoms with Crippen molar-refractivity contribution < 1.29 is 5.11 Å². The number of aromatic amines is 1. The Morgan fingerprint density at radius 3 is 2.56 bits per heavy atom. The first-order valence-electron chi connectivity index (χ1n) is 8.58. The Kier molecular flexibility index (Phi) is 4.08. The summed E-state index contributed by atoms with van der Waals surface area (Å²) < 4.78 is 0. The quantitative estimate of drug-likeness (QED) is 0.531. The topological polar surface area (TPSA) is 48.9 Å². The summed E-state index contributed by atoms with van der Waals surface area (Å²) in [4.78, 5) is 8.14. The molecule has 0 amide bonds. The molecule has 2 heterocycles. The van der Waals surface area contributed by atoms with E-state index in [0.717, 1.165) is 39.0 Å². The fraction of sp³-hybridized carbons (Fsp3) is 0.136. The lowest BCUT2D eigenvalue weighted by atomic mass is 9.99. The molecule has 124 valence electrons. The van der Waals surface area contributed by atoms with Crippen LogP contribution in [0.2, 0.25) is 0 Å². The lowest BCUT2D eigenvalue weighted by Crippen LogP contribution is -1.99. The summed E-state index contributed by atoms with van der Waals surface area (Å²) in [6.07, 6.45) is 2.12. The second-order valence-corrected chi connectivity index (χ2v) is 6.21. The third kappa shape index (κ3) is 2.94. The average molecular weight is 328 g/mol. The van der Waals surface area contributed by atoms with Crippen LogP contribution in [0.15, 0.2) is 72.9 Å². The lowest BCUT2D eigenvalue weighted by Gasteiger charge is -2.13. The number of aliphatic hydroxyl groups is 1. The Balaban J connectivity index is 1.94. The maximum absolute atomic E-state index is 10.4. The van der Waals surface area contributed by atoms with Crippen LogP contribution in [-0.2, 0) is 0 Å². The lowest BCUT2D eigenvalue weighted by molar-refractivity contribution is 0.173. The van der Waals surface area contributed by atoms with E-state index in [4.69, 9.17) is 4.98 Å². The Hall–Kier alpha value is -2.91. The van der Waals surface area contributed by atoms with Gasteiger partial charge in [-0.05, 0) is 36.2 Å². The van der Waals surface area contributed by atoms with E-state index < -0.39 is 6.10 Å². The van der Waals surface area contributed by atoms with Crippen LogP contribution in [0.1, 0.15) is 25.0 Å². The molecule has 0 saturated carbocycles. The summed E-state index contributed by atoms with van der Waals surface area (Å²) in [6.45, 7) is 1.99. The van der Waals surface area contributed by atoms with Gasteiger partial charge in [0.1, 0.15) is 0 Å². The summed E-state index contributed by atoms with van der Waals surface area (Å²) in [5, 5.41) is 11.5. The van der Waals surface area contributed by atoms with E-state index in [9.17, 15) is 5.11 Å². The zero-order valence-electron chi connectivity index (χ0n) is 14.1. The monoisotopic (exact) mass is 328 g/mol. The fourth-order valence-electron chi connectivity index (χ4n) is 3.18. The van der Waals surface area contributed by atoms with E-state index in [-0.39, 0.29) is 0 Å². The average Bonchev–Trinajstić information content (AvgIpc) is 3.16. The number of nitrogens with one attached hydrogen (secondary N) is 1. The van der Waals surface area contributed by atoms with E-state index in [0.29, 0.717) is 6.42 Å². The van der Waals surface area contributed by atoms with Crippen molar-refractivity contribution in [3.8, 4) is 22.5 Å². The van der Waals surface area contributed by atoms with Gasteiger partial charge in [-0.1, -0.05) is 49.4 Å². The number of rotatable bonds is 4. The smallest absolute Gasteiger partial charge is 0.0789 e. The number of aromatic nitrogens is 2. The second-order valence-electron chi connectivity index (χ2n) is 6.21. The van der Waals surface area contributed by atoms with Crippen LogP contribution in [-0.4, -0.2) is 15.1 Å². The molecule has 0 aliphatic carbocycles. The highest BCUT2D eigenvalue weighted by Crippen LogP contribution is 2.32.